The fraction of sp³-hybridized carbons (Fsp3) is 0.714. The van der Waals surface area contributed by atoms with Crippen molar-refractivity contribution >= 4 is 21.4 Å². The first-order valence-electron chi connectivity index (χ1n) is 7.46. The second-order valence-electron chi connectivity index (χ2n) is 5.45. The largest absolute Gasteiger partial charge is 0.315 e. The predicted octanol–water partition coefficient (Wildman–Crippen LogP) is 1.57. The fourth-order valence-electron chi connectivity index (χ4n) is 2.54. The van der Waals surface area contributed by atoms with E-state index in [0.29, 0.717) is 29.9 Å². The number of nitrogens with zero attached hydrogens (tertiary/aromatic N) is 2. The summed E-state index contributed by atoms with van der Waals surface area (Å²) in [6, 6.07) is 4.15. The summed E-state index contributed by atoms with van der Waals surface area (Å²) in [6.07, 6.45) is 1.10. The van der Waals surface area contributed by atoms with Gasteiger partial charge in [-0.2, -0.15) is 4.31 Å². The van der Waals surface area contributed by atoms with E-state index in [-0.39, 0.29) is 0 Å². The highest BCUT2D eigenvalue weighted by Gasteiger charge is 2.30. The van der Waals surface area contributed by atoms with Crippen LogP contribution in [0.3, 0.4) is 0 Å². The third-order valence-electron chi connectivity index (χ3n) is 4.07. The van der Waals surface area contributed by atoms with Crippen LogP contribution in [0.5, 0.6) is 0 Å². The van der Waals surface area contributed by atoms with Gasteiger partial charge in [0.2, 0.25) is 0 Å². The third kappa shape index (κ3) is 3.84. The average molecular weight is 332 g/mol. The molecule has 0 bridgehead atoms. The van der Waals surface area contributed by atoms with Crippen LogP contribution in [0.15, 0.2) is 16.3 Å². The van der Waals surface area contributed by atoms with E-state index in [2.05, 4.69) is 24.1 Å². The lowest BCUT2D eigenvalue weighted by Crippen LogP contribution is -2.50. The van der Waals surface area contributed by atoms with Crippen LogP contribution in [-0.4, -0.2) is 56.9 Å². The van der Waals surface area contributed by atoms with Gasteiger partial charge in [0.05, 0.1) is 0 Å². The van der Waals surface area contributed by atoms with Gasteiger partial charge < -0.3 is 5.32 Å². The van der Waals surface area contributed by atoms with Crippen LogP contribution >= 0.6 is 11.3 Å². The number of hydrogen-bond donors (Lipinski definition) is 1. The molecule has 21 heavy (non-hydrogen) atoms. The maximum Gasteiger partial charge on any atom is 0.252 e. The van der Waals surface area contributed by atoms with Gasteiger partial charge in [0, 0.05) is 43.6 Å². The quantitative estimate of drug-likeness (QED) is 0.860. The molecule has 1 atom stereocenters. The molecular weight excluding hydrogens is 306 g/mol. The smallest absolute Gasteiger partial charge is 0.252 e. The van der Waals surface area contributed by atoms with Crippen molar-refractivity contribution in [2.24, 2.45) is 0 Å². The molecule has 120 valence electrons. The van der Waals surface area contributed by atoms with Gasteiger partial charge in [0.15, 0.2) is 0 Å². The van der Waals surface area contributed by atoms with Crippen molar-refractivity contribution in [3.63, 3.8) is 0 Å². The van der Waals surface area contributed by atoms with E-state index in [1.807, 2.05) is 13.1 Å². The molecule has 5 nitrogen and oxygen atoms in total. The van der Waals surface area contributed by atoms with Crippen molar-refractivity contribution in [3.8, 4) is 0 Å². The molecule has 1 unspecified atom stereocenters. The Morgan fingerprint density at radius 1 is 1.29 bits per heavy atom. The predicted molar refractivity (Wildman–Crippen MR) is 87.2 cm³/mol. The van der Waals surface area contributed by atoms with Gasteiger partial charge in [-0.25, -0.2) is 8.42 Å². The van der Waals surface area contributed by atoms with E-state index in [1.165, 1.54) is 11.3 Å². The molecule has 1 aliphatic heterocycles. The molecule has 0 amide bonds. The Hall–Kier alpha value is -0.470. The van der Waals surface area contributed by atoms with E-state index in [1.54, 1.807) is 10.4 Å². The summed E-state index contributed by atoms with van der Waals surface area (Å²) in [6.45, 7) is 7.90. The van der Waals surface area contributed by atoms with Crippen molar-refractivity contribution in [2.75, 3.05) is 33.2 Å². The van der Waals surface area contributed by atoms with Crippen LogP contribution in [0.1, 0.15) is 25.1 Å². The van der Waals surface area contributed by atoms with Gasteiger partial charge in [0.25, 0.3) is 10.0 Å². The first-order valence-corrected chi connectivity index (χ1v) is 9.72. The first kappa shape index (κ1) is 16.9. The molecule has 1 fully saturated rings. The van der Waals surface area contributed by atoms with Crippen molar-refractivity contribution in [3.05, 3.63) is 17.0 Å². The lowest BCUT2D eigenvalue weighted by Gasteiger charge is -2.36. The average Bonchev–Trinajstić information content (AvgIpc) is 2.96. The number of thiophene rings is 1. The van der Waals surface area contributed by atoms with E-state index < -0.39 is 10.0 Å². The zero-order valence-corrected chi connectivity index (χ0v) is 14.6. The zero-order valence-electron chi connectivity index (χ0n) is 13.0. The molecule has 1 aromatic heterocycles. The third-order valence-corrected chi connectivity index (χ3v) is 7.52. The van der Waals surface area contributed by atoms with E-state index in [9.17, 15) is 8.42 Å². The molecule has 2 heterocycles. The van der Waals surface area contributed by atoms with Gasteiger partial charge in [-0.1, -0.05) is 6.92 Å². The summed E-state index contributed by atoms with van der Waals surface area (Å²) < 4.78 is 27.4. The molecule has 0 radical (unpaired) electrons. The van der Waals surface area contributed by atoms with Gasteiger partial charge >= 0.3 is 0 Å². The molecule has 1 aliphatic rings. The Morgan fingerprint density at radius 2 is 1.95 bits per heavy atom. The van der Waals surface area contributed by atoms with Crippen LogP contribution in [0, 0.1) is 0 Å². The monoisotopic (exact) mass is 331 g/mol. The number of nitrogens with one attached hydrogen (secondary N) is 1. The van der Waals surface area contributed by atoms with Crippen LogP contribution in [0.25, 0.3) is 0 Å². The summed E-state index contributed by atoms with van der Waals surface area (Å²) in [4.78, 5) is 3.42. The van der Waals surface area contributed by atoms with E-state index in [4.69, 9.17) is 0 Å². The van der Waals surface area contributed by atoms with Crippen LogP contribution < -0.4 is 5.32 Å². The minimum absolute atomic E-state index is 0.463. The van der Waals surface area contributed by atoms with Crippen LogP contribution in [0.2, 0.25) is 0 Å². The van der Waals surface area contributed by atoms with Gasteiger partial charge in [-0.05, 0) is 32.5 Å². The second kappa shape index (κ2) is 7.19. The van der Waals surface area contributed by atoms with Gasteiger partial charge in [0.1, 0.15) is 4.21 Å². The topological polar surface area (TPSA) is 52.7 Å². The minimum atomic E-state index is -3.32. The maximum atomic E-state index is 12.6. The summed E-state index contributed by atoms with van der Waals surface area (Å²) in [5, 5.41) is 3.05. The SMILES string of the molecule is CCC(C)N1CCN(S(=O)(=O)c2ccc(CNC)s2)CC1. The Labute approximate surface area is 132 Å². The Balaban J connectivity index is 2.03. The van der Waals surface area contributed by atoms with E-state index in [0.717, 1.165) is 24.4 Å². The maximum absolute atomic E-state index is 12.6. The summed E-state index contributed by atoms with van der Waals surface area (Å²) in [5.74, 6) is 0. The van der Waals surface area contributed by atoms with Gasteiger partial charge in [-0.3, -0.25) is 4.90 Å². The molecule has 1 N–H and O–H groups in total. The number of hydrogen-bond acceptors (Lipinski definition) is 5. The van der Waals surface area contributed by atoms with E-state index >= 15 is 0 Å². The van der Waals surface area contributed by atoms with Crippen molar-refractivity contribution in [1.29, 1.82) is 0 Å². The summed E-state index contributed by atoms with van der Waals surface area (Å²) in [5.41, 5.74) is 0. The molecule has 0 spiro atoms. The standard InChI is InChI=1S/C14H25N3O2S2/c1-4-12(2)16-7-9-17(10-8-16)21(18,19)14-6-5-13(20-14)11-15-3/h5-6,12,15H,4,7-11H2,1-3H3. The number of piperazine rings is 1. The summed E-state index contributed by atoms with van der Waals surface area (Å²) >= 11 is 1.36. The van der Waals surface area contributed by atoms with Gasteiger partial charge in [-0.15, -0.1) is 11.3 Å². The second-order valence-corrected chi connectivity index (χ2v) is 8.78. The Bertz CT molecular complexity index is 548. The normalized spacial score (nSPS) is 19.8. The molecule has 0 aliphatic carbocycles. The number of rotatable bonds is 6. The fourth-order valence-corrected chi connectivity index (χ4v) is 5.48. The van der Waals surface area contributed by atoms with Crippen molar-refractivity contribution < 1.29 is 8.42 Å². The Kier molecular flexibility index (Phi) is 5.79. The molecule has 1 aromatic rings. The minimum Gasteiger partial charge on any atom is -0.315 e. The van der Waals surface area contributed by atoms with Crippen LogP contribution in [0.4, 0.5) is 0 Å². The highest BCUT2D eigenvalue weighted by Crippen LogP contribution is 2.26. The molecule has 1 saturated heterocycles. The molecule has 0 saturated carbocycles. The van der Waals surface area contributed by atoms with Crippen molar-refractivity contribution in [2.45, 2.75) is 37.1 Å². The van der Waals surface area contributed by atoms with Crippen molar-refractivity contribution in [1.82, 2.24) is 14.5 Å². The molecule has 2 rings (SSSR count). The highest BCUT2D eigenvalue weighted by atomic mass is 32.2. The molecular formula is C14H25N3O2S2. The number of sulfonamides is 1. The first-order chi connectivity index (χ1) is 9.98. The molecule has 0 aromatic carbocycles. The molecule has 7 heteroatoms. The summed E-state index contributed by atoms with van der Waals surface area (Å²) in [7, 11) is -1.45. The lowest BCUT2D eigenvalue weighted by molar-refractivity contribution is 0.143. The lowest BCUT2D eigenvalue weighted by atomic mass is 10.2. The highest BCUT2D eigenvalue weighted by molar-refractivity contribution is 7.91. The zero-order chi connectivity index (χ0) is 15.5. The Morgan fingerprint density at radius 3 is 2.52 bits per heavy atom. The van der Waals surface area contributed by atoms with Crippen LogP contribution in [-0.2, 0) is 16.6 Å².